The van der Waals surface area contributed by atoms with Crippen LogP contribution in [0.4, 0.5) is 0 Å². The molecule has 0 heterocycles. The largest absolute Gasteiger partial charge is 0.502 e. The standard InChI is InChI=1S/C21H29N3O3.HI/c1-14-7-6-8-17(9-14)15(2)12-23-21(22-3)24-13-16-10-18(26-4)20(25)19(11-16)27-5;/h6-11,15,25H,12-13H2,1-5H3,(H2,22,23,24);1H. The molecule has 28 heavy (non-hydrogen) atoms. The van der Waals surface area contributed by atoms with Gasteiger partial charge in [-0.25, -0.2) is 0 Å². The van der Waals surface area contributed by atoms with Crippen LogP contribution in [0.1, 0.15) is 29.5 Å². The number of methoxy groups -OCH3 is 2. The summed E-state index contributed by atoms with van der Waals surface area (Å²) in [4.78, 5) is 4.27. The molecule has 154 valence electrons. The number of nitrogens with one attached hydrogen (secondary N) is 2. The Morgan fingerprint density at radius 2 is 1.75 bits per heavy atom. The van der Waals surface area contributed by atoms with Crippen molar-refractivity contribution >= 4 is 29.9 Å². The molecule has 0 amide bonds. The average molecular weight is 499 g/mol. The number of aryl methyl sites for hydroxylation is 1. The van der Waals surface area contributed by atoms with Gasteiger partial charge in [0, 0.05) is 20.1 Å². The second kappa shape index (κ2) is 11.6. The average Bonchev–Trinajstić information content (AvgIpc) is 2.68. The predicted octanol–water partition coefficient (Wildman–Crippen LogP) is 3.80. The number of hydrogen-bond acceptors (Lipinski definition) is 4. The molecule has 0 aliphatic carbocycles. The van der Waals surface area contributed by atoms with Gasteiger partial charge in [-0.2, -0.15) is 0 Å². The van der Waals surface area contributed by atoms with Crippen molar-refractivity contribution in [3.8, 4) is 17.2 Å². The molecule has 0 aliphatic rings. The van der Waals surface area contributed by atoms with Crippen molar-refractivity contribution in [1.82, 2.24) is 10.6 Å². The molecule has 0 aromatic heterocycles. The summed E-state index contributed by atoms with van der Waals surface area (Å²) in [6.45, 7) is 5.58. The van der Waals surface area contributed by atoms with Crippen LogP contribution in [0, 0.1) is 6.92 Å². The highest BCUT2D eigenvalue weighted by Crippen LogP contribution is 2.36. The van der Waals surface area contributed by atoms with Gasteiger partial charge >= 0.3 is 0 Å². The molecule has 2 aromatic carbocycles. The van der Waals surface area contributed by atoms with E-state index < -0.39 is 0 Å². The summed E-state index contributed by atoms with van der Waals surface area (Å²) in [6.07, 6.45) is 0. The van der Waals surface area contributed by atoms with E-state index in [1.165, 1.54) is 25.3 Å². The number of phenols is 1. The highest BCUT2D eigenvalue weighted by atomic mass is 127. The van der Waals surface area contributed by atoms with E-state index in [4.69, 9.17) is 9.47 Å². The lowest BCUT2D eigenvalue weighted by atomic mass is 9.99. The van der Waals surface area contributed by atoms with Gasteiger partial charge < -0.3 is 25.2 Å². The Labute approximate surface area is 184 Å². The summed E-state index contributed by atoms with van der Waals surface area (Å²) in [7, 11) is 4.77. The van der Waals surface area contributed by atoms with Crippen LogP contribution >= 0.6 is 24.0 Å². The molecule has 0 bridgehead atoms. The molecular weight excluding hydrogens is 469 g/mol. The van der Waals surface area contributed by atoms with Crippen LogP contribution in [0.2, 0.25) is 0 Å². The van der Waals surface area contributed by atoms with Crippen molar-refractivity contribution in [3.63, 3.8) is 0 Å². The van der Waals surface area contributed by atoms with Gasteiger partial charge in [0.25, 0.3) is 0 Å². The summed E-state index contributed by atoms with van der Waals surface area (Å²) in [5.74, 6) is 1.82. The van der Waals surface area contributed by atoms with Crippen LogP contribution in [0.5, 0.6) is 17.2 Å². The molecule has 0 spiro atoms. The summed E-state index contributed by atoms with van der Waals surface area (Å²) in [5.41, 5.74) is 3.47. The molecule has 7 heteroatoms. The van der Waals surface area contributed by atoms with Crippen LogP contribution in [0.15, 0.2) is 41.4 Å². The minimum Gasteiger partial charge on any atom is -0.502 e. The maximum absolute atomic E-state index is 10.0. The fourth-order valence-electron chi connectivity index (χ4n) is 2.80. The van der Waals surface area contributed by atoms with E-state index in [1.807, 2.05) is 0 Å². The zero-order valence-corrected chi connectivity index (χ0v) is 19.4. The van der Waals surface area contributed by atoms with E-state index in [2.05, 4.69) is 53.7 Å². The first-order valence-corrected chi connectivity index (χ1v) is 8.93. The predicted molar refractivity (Wildman–Crippen MR) is 124 cm³/mol. The molecule has 0 radical (unpaired) electrons. The van der Waals surface area contributed by atoms with Gasteiger partial charge in [0.05, 0.1) is 14.2 Å². The molecule has 3 N–H and O–H groups in total. The SMILES string of the molecule is CN=C(NCc1cc(OC)c(O)c(OC)c1)NCC(C)c1cccc(C)c1.I. The van der Waals surface area contributed by atoms with Crippen molar-refractivity contribution in [2.24, 2.45) is 4.99 Å². The molecule has 2 rings (SSSR count). The second-order valence-electron chi connectivity index (χ2n) is 6.47. The monoisotopic (exact) mass is 499 g/mol. The van der Waals surface area contributed by atoms with E-state index in [1.54, 1.807) is 19.2 Å². The topological polar surface area (TPSA) is 75.1 Å². The Morgan fingerprint density at radius 1 is 1.11 bits per heavy atom. The molecule has 6 nitrogen and oxygen atoms in total. The van der Waals surface area contributed by atoms with Crippen LogP contribution in [-0.2, 0) is 6.54 Å². The molecule has 2 aromatic rings. The summed E-state index contributed by atoms with van der Waals surface area (Å²) in [6, 6.07) is 12.1. The van der Waals surface area contributed by atoms with Crippen molar-refractivity contribution < 1.29 is 14.6 Å². The smallest absolute Gasteiger partial charge is 0.200 e. The van der Waals surface area contributed by atoms with Crippen molar-refractivity contribution in [3.05, 3.63) is 53.1 Å². The quantitative estimate of drug-likeness (QED) is 0.307. The van der Waals surface area contributed by atoms with Crippen LogP contribution in [0.25, 0.3) is 0 Å². The Hall–Kier alpha value is -2.16. The third-order valence-electron chi connectivity index (χ3n) is 4.41. The maximum atomic E-state index is 10.0. The fourth-order valence-corrected chi connectivity index (χ4v) is 2.80. The molecule has 1 atom stereocenters. The van der Waals surface area contributed by atoms with Crippen molar-refractivity contribution in [2.45, 2.75) is 26.3 Å². The summed E-state index contributed by atoms with van der Waals surface area (Å²) >= 11 is 0. The Bertz CT molecular complexity index is 771. The number of hydrogen-bond donors (Lipinski definition) is 3. The second-order valence-corrected chi connectivity index (χ2v) is 6.47. The number of ether oxygens (including phenoxy) is 2. The first kappa shape index (κ1) is 23.9. The normalized spacial score (nSPS) is 12.0. The molecule has 0 saturated heterocycles. The number of nitrogens with zero attached hydrogens (tertiary/aromatic N) is 1. The van der Waals surface area contributed by atoms with Gasteiger partial charge in [-0.1, -0.05) is 36.8 Å². The number of phenolic OH excluding ortho intramolecular Hbond substituents is 1. The highest BCUT2D eigenvalue weighted by molar-refractivity contribution is 14.0. The van der Waals surface area contributed by atoms with Crippen molar-refractivity contribution in [1.29, 1.82) is 0 Å². The molecule has 0 fully saturated rings. The van der Waals surface area contributed by atoms with Gasteiger partial charge in [-0.05, 0) is 36.1 Å². The maximum Gasteiger partial charge on any atom is 0.200 e. The summed E-state index contributed by atoms with van der Waals surface area (Å²) in [5, 5.41) is 16.6. The number of aromatic hydroxyl groups is 1. The van der Waals surface area contributed by atoms with Gasteiger partial charge in [-0.3, -0.25) is 4.99 Å². The number of rotatable bonds is 7. The van der Waals surface area contributed by atoms with Crippen molar-refractivity contribution in [2.75, 3.05) is 27.8 Å². The van der Waals surface area contributed by atoms with E-state index in [0.29, 0.717) is 29.9 Å². The third kappa shape index (κ3) is 6.47. The van der Waals surface area contributed by atoms with E-state index in [0.717, 1.165) is 12.1 Å². The van der Waals surface area contributed by atoms with Crippen LogP contribution in [-0.4, -0.2) is 38.9 Å². The number of guanidine groups is 1. The molecule has 0 aliphatic heterocycles. The minimum atomic E-state index is -0.00163. The minimum absolute atomic E-state index is 0. The Balaban J connectivity index is 0.00000392. The third-order valence-corrected chi connectivity index (χ3v) is 4.41. The number of benzene rings is 2. The van der Waals surface area contributed by atoms with Gasteiger partial charge in [0.1, 0.15) is 0 Å². The lowest BCUT2D eigenvalue weighted by molar-refractivity contribution is 0.339. The molecule has 0 saturated carbocycles. The van der Waals surface area contributed by atoms with E-state index >= 15 is 0 Å². The lowest BCUT2D eigenvalue weighted by Crippen LogP contribution is -2.38. The zero-order valence-electron chi connectivity index (χ0n) is 17.1. The number of halogens is 1. The number of aliphatic imine (C=N–C) groups is 1. The summed E-state index contributed by atoms with van der Waals surface area (Å²) < 4.78 is 10.4. The van der Waals surface area contributed by atoms with Gasteiger partial charge in [-0.15, -0.1) is 24.0 Å². The first-order valence-electron chi connectivity index (χ1n) is 8.93. The van der Waals surface area contributed by atoms with Gasteiger partial charge in [0.2, 0.25) is 5.75 Å². The molecule has 1 unspecified atom stereocenters. The lowest BCUT2D eigenvalue weighted by Gasteiger charge is -2.17. The van der Waals surface area contributed by atoms with E-state index in [9.17, 15) is 5.11 Å². The molecular formula is C21H30IN3O3. The van der Waals surface area contributed by atoms with Crippen LogP contribution in [0.3, 0.4) is 0 Å². The fraction of sp³-hybridized carbons (Fsp3) is 0.381. The highest BCUT2D eigenvalue weighted by Gasteiger charge is 2.12. The van der Waals surface area contributed by atoms with E-state index in [-0.39, 0.29) is 29.7 Å². The Morgan fingerprint density at radius 3 is 2.29 bits per heavy atom. The zero-order chi connectivity index (χ0) is 19.8. The van der Waals surface area contributed by atoms with Crippen LogP contribution < -0.4 is 20.1 Å². The van der Waals surface area contributed by atoms with Gasteiger partial charge in [0.15, 0.2) is 17.5 Å². The first-order chi connectivity index (χ1) is 13.0. The Kier molecular flexibility index (Phi) is 9.92.